The molecule has 1 N–H and O–H groups in total. The van der Waals surface area contributed by atoms with Crippen LogP contribution >= 0.6 is 0 Å². The molecule has 2 aliphatic rings. The minimum Gasteiger partial charge on any atom is -0.494 e. The van der Waals surface area contributed by atoms with Crippen molar-refractivity contribution >= 4 is 15.9 Å². The van der Waals surface area contributed by atoms with Gasteiger partial charge in [0.05, 0.1) is 24.1 Å². The van der Waals surface area contributed by atoms with Crippen molar-refractivity contribution in [2.24, 2.45) is 0 Å². The van der Waals surface area contributed by atoms with Crippen molar-refractivity contribution in [3.63, 3.8) is 0 Å². The molecule has 1 fully saturated rings. The zero-order valence-electron chi connectivity index (χ0n) is 19.3. The van der Waals surface area contributed by atoms with E-state index in [9.17, 15) is 13.2 Å². The molecule has 0 saturated heterocycles. The zero-order chi connectivity index (χ0) is 23.3. The topological polar surface area (TPSA) is 75.7 Å². The van der Waals surface area contributed by atoms with Crippen LogP contribution in [0.15, 0.2) is 53.4 Å². The van der Waals surface area contributed by atoms with E-state index in [1.807, 2.05) is 19.1 Å². The van der Waals surface area contributed by atoms with E-state index in [1.165, 1.54) is 9.87 Å². The first-order chi connectivity index (χ1) is 16.0. The Morgan fingerprint density at radius 3 is 2.45 bits per heavy atom. The number of hydrogen-bond acceptors (Lipinski definition) is 4. The van der Waals surface area contributed by atoms with Gasteiger partial charge in [-0.1, -0.05) is 43.5 Å². The van der Waals surface area contributed by atoms with Gasteiger partial charge in [-0.25, -0.2) is 8.42 Å². The summed E-state index contributed by atoms with van der Waals surface area (Å²) in [6, 6.07) is 14.5. The molecule has 6 nitrogen and oxygen atoms in total. The van der Waals surface area contributed by atoms with Crippen LogP contribution in [0.4, 0.5) is 0 Å². The Morgan fingerprint density at radius 2 is 1.73 bits per heavy atom. The first kappa shape index (κ1) is 23.8. The molecular weight excluding hydrogens is 436 g/mol. The van der Waals surface area contributed by atoms with Gasteiger partial charge in [0.2, 0.25) is 15.9 Å². The summed E-state index contributed by atoms with van der Waals surface area (Å²) in [5.41, 5.74) is 2.41. The lowest BCUT2D eigenvalue weighted by molar-refractivity contribution is -0.122. The molecule has 0 unspecified atom stereocenters. The number of fused-ring (bicyclic) bond motifs is 1. The van der Waals surface area contributed by atoms with Gasteiger partial charge in [-0.05, 0) is 74.4 Å². The second-order valence-electron chi connectivity index (χ2n) is 8.96. The number of aryl methyl sites for hydroxylation is 1. The van der Waals surface area contributed by atoms with Crippen molar-refractivity contribution in [3.05, 3.63) is 59.7 Å². The zero-order valence-corrected chi connectivity index (χ0v) is 20.1. The highest BCUT2D eigenvalue weighted by Crippen LogP contribution is 2.31. The summed E-state index contributed by atoms with van der Waals surface area (Å²) in [4.78, 5) is 13.4. The van der Waals surface area contributed by atoms with Crippen molar-refractivity contribution in [3.8, 4) is 5.75 Å². The van der Waals surface area contributed by atoms with Crippen LogP contribution in [-0.4, -0.2) is 37.8 Å². The monoisotopic (exact) mass is 470 g/mol. The van der Waals surface area contributed by atoms with E-state index < -0.39 is 10.0 Å². The molecule has 0 radical (unpaired) electrons. The number of carbonyl (C=O) groups excluding carboxylic acids is 1. The number of nitrogens with one attached hydrogen (secondary N) is 1. The number of rotatable bonds is 8. The van der Waals surface area contributed by atoms with Crippen LogP contribution in [0.25, 0.3) is 0 Å². The minimum absolute atomic E-state index is 0.0659. The number of benzene rings is 2. The number of nitrogens with zero attached hydrogens (tertiary/aromatic N) is 1. The van der Waals surface area contributed by atoms with Crippen LogP contribution in [0.1, 0.15) is 69.0 Å². The van der Waals surface area contributed by atoms with Crippen LogP contribution in [0.3, 0.4) is 0 Å². The Kier molecular flexibility index (Phi) is 7.71. The summed E-state index contributed by atoms with van der Waals surface area (Å²) in [5.74, 6) is 0.395. The summed E-state index contributed by atoms with van der Waals surface area (Å²) in [5, 5.41) is 3.13. The van der Waals surface area contributed by atoms with Gasteiger partial charge in [0.25, 0.3) is 0 Å². The molecule has 2 aliphatic carbocycles. The highest BCUT2D eigenvalue weighted by atomic mass is 32.2. The summed E-state index contributed by atoms with van der Waals surface area (Å²) in [6.45, 7) is 2.25. The van der Waals surface area contributed by atoms with Gasteiger partial charge in [-0.3, -0.25) is 4.79 Å². The maximum atomic E-state index is 13.6. The van der Waals surface area contributed by atoms with Crippen LogP contribution in [0.5, 0.6) is 5.75 Å². The molecule has 0 bridgehead atoms. The van der Waals surface area contributed by atoms with E-state index >= 15 is 0 Å². The Morgan fingerprint density at radius 1 is 1.00 bits per heavy atom. The van der Waals surface area contributed by atoms with E-state index in [1.54, 1.807) is 24.3 Å². The number of hydrogen-bond donors (Lipinski definition) is 1. The van der Waals surface area contributed by atoms with Gasteiger partial charge < -0.3 is 10.1 Å². The molecule has 2 aromatic rings. The average Bonchev–Trinajstić information content (AvgIpc) is 2.84. The number of ether oxygens (including phenoxy) is 1. The van der Waals surface area contributed by atoms with E-state index in [0.29, 0.717) is 12.4 Å². The summed E-state index contributed by atoms with van der Waals surface area (Å²) < 4.78 is 34.2. The largest absolute Gasteiger partial charge is 0.494 e. The van der Waals surface area contributed by atoms with Crippen LogP contribution in [-0.2, 0) is 21.2 Å². The quantitative estimate of drug-likeness (QED) is 0.612. The third kappa shape index (κ3) is 5.58. The van der Waals surface area contributed by atoms with Gasteiger partial charge >= 0.3 is 0 Å². The Balaban J connectivity index is 1.54. The van der Waals surface area contributed by atoms with Crippen molar-refractivity contribution in [2.75, 3.05) is 13.2 Å². The predicted molar refractivity (Wildman–Crippen MR) is 129 cm³/mol. The lowest BCUT2D eigenvalue weighted by Crippen LogP contribution is -2.47. The van der Waals surface area contributed by atoms with Gasteiger partial charge in [0.15, 0.2) is 0 Å². The molecule has 0 aliphatic heterocycles. The molecule has 178 valence electrons. The lowest BCUT2D eigenvalue weighted by Gasteiger charge is -2.34. The second-order valence-corrected chi connectivity index (χ2v) is 10.8. The Bertz CT molecular complexity index is 1050. The molecule has 1 saturated carbocycles. The van der Waals surface area contributed by atoms with Crippen molar-refractivity contribution in [2.45, 2.75) is 75.3 Å². The fraction of sp³-hybridized carbons (Fsp3) is 0.500. The van der Waals surface area contributed by atoms with Crippen molar-refractivity contribution < 1.29 is 17.9 Å². The molecule has 1 amide bonds. The van der Waals surface area contributed by atoms with Gasteiger partial charge in [0.1, 0.15) is 5.75 Å². The van der Waals surface area contributed by atoms with Crippen LogP contribution in [0.2, 0.25) is 0 Å². The second kappa shape index (κ2) is 10.7. The van der Waals surface area contributed by atoms with E-state index in [2.05, 4.69) is 17.4 Å². The standard InChI is InChI=1S/C26H34N2O4S/c1-2-32-22-15-17-23(18-16-22)33(30,31)28(21-11-4-3-5-12-21)19-26(29)27-25-14-8-10-20-9-6-7-13-24(20)25/h6-7,9,13,15-18,21,25H,2-5,8,10-12,14,19H2,1H3,(H,27,29)/t25-/m0/s1. The molecule has 1 atom stereocenters. The summed E-state index contributed by atoms with van der Waals surface area (Å²) in [7, 11) is -3.81. The third-order valence-corrected chi connectivity index (χ3v) is 8.64. The normalized spacial score (nSPS) is 19.2. The number of amides is 1. The van der Waals surface area contributed by atoms with Gasteiger partial charge in [0, 0.05) is 6.04 Å². The van der Waals surface area contributed by atoms with E-state index in [-0.39, 0.29) is 29.4 Å². The van der Waals surface area contributed by atoms with E-state index in [4.69, 9.17) is 4.74 Å². The first-order valence-electron chi connectivity index (χ1n) is 12.1. The maximum absolute atomic E-state index is 13.6. The lowest BCUT2D eigenvalue weighted by atomic mass is 9.88. The molecular formula is C26H34N2O4S. The first-order valence-corrected chi connectivity index (χ1v) is 13.5. The predicted octanol–water partition coefficient (Wildman–Crippen LogP) is 4.60. The van der Waals surface area contributed by atoms with E-state index in [0.717, 1.165) is 56.9 Å². The molecule has 4 rings (SSSR count). The molecule has 0 heterocycles. The third-order valence-electron chi connectivity index (χ3n) is 6.73. The van der Waals surface area contributed by atoms with Crippen LogP contribution in [0, 0.1) is 0 Å². The molecule has 7 heteroatoms. The molecule has 33 heavy (non-hydrogen) atoms. The highest BCUT2D eigenvalue weighted by molar-refractivity contribution is 7.89. The SMILES string of the molecule is CCOc1ccc(S(=O)(=O)N(CC(=O)N[C@H]2CCCc3ccccc32)C2CCCCC2)cc1. The minimum atomic E-state index is -3.81. The molecule has 2 aromatic carbocycles. The Labute approximate surface area is 197 Å². The van der Waals surface area contributed by atoms with Gasteiger partial charge in [-0.15, -0.1) is 0 Å². The number of carbonyl (C=O) groups is 1. The highest BCUT2D eigenvalue weighted by Gasteiger charge is 2.34. The maximum Gasteiger partial charge on any atom is 0.243 e. The fourth-order valence-corrected chi connectivity index (χ4v) is 6.72. The van der Waals surface area contributed by atoms with Crippen molar-refractivity contribution in [1.29, 1.82) is 0 Å². The molecule has 0 aromatic heterocycles. The fourth-order valence-electron chi connectivity index (χ4n) is 5.07. The summed E-state index contributed by atoms with van der Waals surface area (Å²) >= 11 is 0. The van der Waals surface area contributed by atoms with Gasteiger partial charge in [-0.2, -0.15) is 4.31 Å². The Hall–Kier alpha value is -2.38. The van der Waals surface area contributed by atoms with Crippen molar-refractivity contribution in [1.82, 2.24) is 9.62 Å². The van der Waals surface area contributed by atoms with Crippen LogP contribution < -0.4 is 10.1 Å². The average molecular weight is 471 g/mol. The summed E-state index contributed by atoms with van der Waals surface area (Å²) in [6.07, 6.45) is 7.55. The number of sulfonamides is 1. The smallest absolute Gasteiger partial charge is 0.243 e. The molecule has 0 spiro atoms.